The molecule has 0 amide bonds. The van der Waals surface area contributed by atoms with Gasteiger partial charge in [0.15, 0.2) is 0 Å². The third-order valence-corrected chi connectivity index (χ3v) is 3.99. The van der Waals surface area contributed by atoms with Crippen molar-refractivity contribution in [2.45, 2.75) is 44.8 Å². The van der Waals surface area contributed by atoms with Crippen LogP contribution in [0.1, 0.15) is 35.6 Å². The van der Waals surface area contributed by atoms with Gasteiger partial charge >= 0.3 is 0 Å². The zero-order valence-electron chi connectivity index (χ0n) is 12.1. The summed E-state index contributed by atoms with van der Waals surface area (Å²) in [5, 5.41) is 7.30. The number of alkyl halides is 2. The molecule has 0 saturated heterocycles. The predicted octanol–water partition coefficient (Wildman–Crippen LogP) is 3.45. The molecule has 118 valence electrons. The van der Waals surface area contributed by atoms with E-state index >= 15 is 0 Å². The fraction of sp³-hybridized carbons (Fsp3) is 0.438. The van der Waals surface area contributed by atoms with Crippen molar-refractivity contribution in [1.29, 1.82) is 0 Å². The van der Waals surface area contributed by atoms with Crippen LogP contribution in [0.3, 0.4) is 0 Å². The smallest absolute Gasteiger partial charge is 0.257 e. The summed E-state index contributed by atoms with van der Waals surface area (Å²) in [6, 6.07) is 5.03. The van der Waals surface area contributed by atoms with E-state index in [4.69, 9.17) is 0 Å². The first-order valence-electron chi connectivity index (χ1n) is 7.43. The van der Waals surface area contributed by atoms with Gasteiger partial charge in [-0.3, -0.25) is 4.68 Å². The van der Waals surface area contributed by atoms with Crippen molar-refractivity contribution in [1.82, 2.24) is 15.1 Å². The summed E-state index contributed by atoms with van der Waals surface area (Å²) in [5.41, 5.74) is 3.04. The highest BCUT2D eigenvalue weighted by atomic mass is 19.3. The van der Waals surface area contributed by atoms with E-state index in [1.54, 1.807) is 18.5 Å². The number of hydrogen-bond acceptors (Lipinski definition) is 2. The third-order valence-electron chi connectivity index (χ3n) is 3.99. The van der Waals surface area contributed by atoms with Crippen LogP contribution < -0.4 is 5.32 Å². The summed E-state index contributed by atoms with van der Waals surface area (Å²) < 4.78 is 39.3. The minimum absolute atomic E-state index is 0.0953. The number of halogens is 3. The van der Waals surface area contributed by atoms with E-state index in [0.717, 1.165) is 30.4 Å². The molecular formula is C16H18F3N3. The van der Waals surface area contributed by atoms with E-state index in [1.807, 2.05) is 6.07 Å². The van der Waals surface area contributed by atoms with Crippen LogP contribution in [0.25, 0.3) is 0 Å². The minimum Gasteiger partial charge on any atom is -0.306 e. The average molecular weight is 309 g/mol. The fourth-order valence-electron chi connectivity index (χ4n) is 2.96. The lowest BCUT2D eigenvalue weighted by Crippen LogP contribution is -2.25. The van der Waals surface area contributed by atoms with E-state index in [9.17, 15) is 13.2 Å². The summed E-state index contributed by atoms with van der Waals surface area (Å²) in [6.07, 6.45) is 3.77. The van der Waals surface area contributed by atoms with Gasteiger partial charge in [-0.25, -0.2) is 13.2 Å². The molecule has 0 fully saturated rings. The van der Waals surface area contributed by atoms with Crippen LogP contribution in [0.15, 0.2) is 30.6 Å². The molecule has 0 radical (unpaired) electrons. The Balaban J connectivity index is 1.65. The van der Waals surface area contributed by atoms with Gasteiger partial charge < -0.3 is 5.32 Å². The molecular weight excluding hydrogens is 291 g/mol. The lowest BCUT2D eigenvalue weighted by atomic mass is 9.87. The summed E-state index contributed by atoms with van der Waals surface area (Å²) in [6.45, 7) is 0.140. The Hall–Kier alpha value is -1.82. The quantitative estimate of drug-likeness (QED) is 0.917. The van der Waals surface area contributed by atoms with Crippen LogP contribution in [-0.4, -0.2) is 16.2 Å². The number of fused-ring (bicyclic) bond motifs is 1. The number of aryl methyl sites for hydroxylation is 1. The molecule has 1 aromatic carbocycles. The number of aromatic nitrogens is 2. The molecule has 1 heterocycles. The normalized spacial score (nSPS) is 17.7. The minimum atomic E-state index is -2.41. The van der Waals surface area contributed by atoms with Crippen molar-refractivity contribution in [2.75, 3.05) is 0 Å². The molecule has 1 aromatic heterocycles. The molecule has 1 aliphatic rings. The highest BCUT2D eigenvalue weighted by molar-refractivity contribution is 5.33. The van der Waals surface area contributed by atoms with E-state index in [1.165, 1.54) is 16.3 Å². The monoisotopic (exact) mass is 309 g/mol. The Morgan fingerprint density at radius 3 is 3.05 bits per heavy atom. The second kappa shape index (κ2) is 6.52. The van der Waals surface area contributed by atoms with Gasteiger partial charge in [-0.15, -0.1) is 0 Å². The van der Waals surface area contributed by atoms with Crippen LogP contribution in [0.5, 0.6) is 0 Å². The van der Waals surface area contributed by atoms with Crippen LogP contribution in [0, 0.1) is 5.82 Å². The zero-order valence-corrected chi connectivity index (χ0v) is 12.1. The number of benzene rings is 1. The SMILES string of the molecule is Fc1ccc2c(c1)[C@@H](NCc1cnn(CC(F)F)c1)CCC2. The molecule has 1 N–H and O–H groups in total. The van der Waals surface area contributed by atoms with Crippen molar-refractivity contribution in [2.24, 2.45) is 0 Å². The molecule has 1 atom stereocenters. The van der Waals surface area contributed by atoms with Gasteiger partial charge in [0.25, 0.3) is 6.43 Å². The van der Waals surface area contributed by atoms with Gasteiger partial charge in [-0.05, 0) is 42.5 Å². The molecule has 22 heavy (non-hydrogen) atoms. The molecule has 1 aliphatic carbocycles. The summed E-state index contributed by atoms with van der Waals surface area (Å²) >= 11 is 0. The molecule has 6 heteroatoms. The zero-order chi connectivity index (χ0) is 15.5. The molecule has 2 aromatic rings. The van der Waals surface area contributed by atoms with Gasteiger partial charge in [0, 0.05) is 24.3 Å². The predicted molar refractivity (Wildman–Crippen MR) is 77.1 cm³/mol. The lowest BCUT2D eigenvalue weighted by Gasteiger charge is -2.26. The maximum absolute atomic E-state index is 13.4. The van der Waals surface area contributed by atoms with Crippen LogP contribution in [0.2, 0.25) is 0 Å². The summed E-state index contributed by atoms with van der Waals surface area (Å²) in [5.74, 6) is -0.225. The van der Waals surface area contributed by atoms with Crippen molar-refractivity contribution in [3.63, 3.8) is 0 Å². The highest BCUT2D eigenvalue weighted by Crippen LogP contribution is 2.30. The van der Waals surface area contributed by atoms with Crippen molar-refractivity contribution >= 4 is 0 Å². The highest BCUT2D eigenvalue weighted by Gasteiger charge is 2.20. The maximum Gasteiger partial charge on any atom is 0.257 e. The van der Waals surface area contributed by atoms with E-state index in [-0.39, 0.29) is 11.9 Å². The van der Waals surface area contributed by atoms with Gasteiger partial charge in [0.05, 0.1) is 6.20 Å². The van der Waals surface area contributed by atoms with E-state index < -0.39 is 13.0 Å². The molecule has 0 unspecified atom stereocenters. The van der Waals surface area contributed by atoms with Crippen LogP contribution in [0.4, 0.5) is 13.2 Å². The first-order chi connectivity index (χ1) is 10.6. The van der Waals surface area contributed by atoms with Crippen LogP contribution >= 0.6 is 0 Å². The Morgan fingerprint density at radius 1 is 1.36 bits per heavy atom. The summed E-state index contributed by atoms with van der Waals surface area (Å²) in [4.78, 5) is 0. The molecule has 0 aliphatic heterocycles. The van der Waals surface area contributed by atoms with Crippen molar-refractivity contribution in [3.05, 3.63) is 53.1 Å². The Morgan fingerprint density at radius 2 is 2.23 bits per heavy atom. The molecule has 3 rings (SSSR count). The van der Waals surface area contributed by atoms with Gasteiger partial charge in [-0.1, -0.05) is 6.07 Å². The van der Waals surface area contributed by atoms with Crippen molar-refractivity contribution < 1.29 is 13.2 Å². The number of hydrogen-bond donors (Lipinski definition) is 1. The number of rotatable bonds is 5. The van der Waals surface area contributed by atoms with Gasteiger partial charge in [0.1, 0.15) is 12.4 Å². The lowest BCUT2D eigenvalue weighted by molar-refractivity contribution is 0.122. The van der Waals surface area contributed by atoms with Crippen molar-refractivity contribution in [3.8, 4) is 0 Å². The van der Waals surface area contributed by atoms with E-state index in [0.29, 0.717) is 6.54 Å². The molecule has 0 saturated carbocycles. The first-order valence-corrected chi connectivity index (χ1v) is 7.43. The third kappa shape index (κ3) is 3.50. The largest absolute Gasteiger partial charge is 0.306 e. The van der Waals surface area contributed by atoms with Crippen LogP contribution in [-0.2, 0) is 19.5 Å². The second-order valence-electron chi connectivity index (χ2n) is 5.63. The standard InChI is InChI=1S/C16H18F3N3/c17-13-5-4-12-2-1-3-15(14(12)6-13)20-7-11-8-21-22(9-11)10-16(18)19/h4-6,8-9,15-16,20H,1-3,7,10H2/t15-/m0/s1. The average Bonchev–Trinajstić information content (AvgIpc) is 2.91. The molecule has 0 spiro atoms. The topological polar surface area (TPSA) is 29.9 Å². The fourth-order valence-corrected chi connectivity index (χ4v) is 2.96. The number of nitrogens with one attached hydrogen (secondary N) is 1. The van der Waals surface area contributed by atoms with E-state index in [2.05, 4.69) is 10.4 Å². The maximum atomic E-state index is 13.4. The Labute approximate surface area is 127 Å². The molecule has 0 bridgehead atoms. The Bertz CT molecular complexity index is 639. The first kappa shape index (κ1) is 15.1. The Kier molecular flexibility index (Phi) is 4.47. The van der Waals surface area contributed by atoms with Gasteiger partial charge in [0.2, 0.25) is 0 Å². The molecule has 3 nitrogen and oxygen atoms in total. The summed E-state index contributed by atoms with van der Waals surface area (Å²) in [7, 11) is 0. The second-order valence-corrected chi connectivity index (χ2v) is 5.63. The van der Waals surface area contributed by atoms with Gasteiger partial charge in [-0.2, -0.15) is 5.10 Å². The number of nitrogens with zero attached hydrogens (tertiary/aromatic N) is 2.